The molecule has 0 saturated heterocycles. The molecule has 0 aromatic heterocycles. The van der Waals surface area contributed by atoms with E-state index in [0.29, 0.717) is 23.7 Å². The lowest BCUT2D eigenvalue weighted by atomic mass is 10.1. The molecule has 192 valence electrons. The third kappa shape index (κ3) is 8.31. The summed E-state index contributed by atoms with van der Waals surface area (Å²) in [4.78, 5) is 27.8. The quantitative estimate of drug-likeness (QED) is 0.476. The lowest BCUT2D eigenvalue weighted by molar-refractivity contribution is -0.139. The largest absolute Gasteiger partial charge is 0.354 e. The Kier molecular flexibility index (Phi) is 10.2. The SMILES string of the molecule is CC[C@@H](C(=O)NCC(C)C)N(CCc1ccccc1)C(=O)CN(c1ccc(F)c(F)c1)S(C)(=O)=O. The van der Waals surface area contributed by atoms with Gasteiger partial charge in [-0.15, -0.1) is 0 Å². The van der Waals surface area contributed by atoms with E-state index in [1.54, 1.807) is 6.92 Å². The van der Waals surface area contributed by atoms with E-state index in [9.17, 15) is 26.8 Å². The third-order valence-electron chi connectivity index (χ3n) is 5.43. The van der Waals surface area contributed by atoms with Crippen LogP contribution >= 0.6 is 0 Å². The summed E-state index contributed by atoms with van der Waals surface area (Å²) in [5.41, 5.74) is 0.767. The van der Waals surface area contributed by atoms with Crippen molar-refractivity contribution >= 4 is 27.5 Å². The van der Waals surface area contributed by atoms with Crippen LogP contribution in [0.25, 0.3) is 0 Å². The number of anilines is 1. The molecule has 1 atom stereocenters. The van der Waals surface area contributed by atoms with Gasteiger partial charge in [0.15, 0.2) is 11.6 Å². The first-order valence-electron chi connectivity index (χ1n) is 11.5. The van der Waals surface area contributed by atoms with Crippen LogP contribution in [0.5, 0.6) is 0 Å². The van der Waals surface area contributed by atoms with E-state index in [1.165, 1.54) is 4.90 Å². The molecule has 0 heterocycles. The Labute approximate surface area is 206 Å². The van der Waals surface area contributed by atoms with Crippen LogP contribution in [-0.2, 0) is 26.0 Å². The molecule has 35 heavy (non-hydrogen) atoms. The van der Waals surface area contributed by atoms with Gasteiger partial charge >= 0.3 is 0 Å². The second kappa shape index (κ2) is 12.6. The molecule has 0 aliphatic carbocycles. The molecule has 0 radical (unpaired) electrons. The van der Waals surface area contributed by atoms with E-state index in [2.05, 4.69) is 5.32 Å². The molecular weight excluding hydrogens is 476 g/mol. The number of carbonyl (C=O) groups excluding carboxylic acids is 2. The monoisotopic (exact) mass is 509 g/mol. The van der Waals surface area contributed by atoms with Gasteiger partial charge in [0.05, 0.1) is 11.9 Å². The Balaban J connectivity index is 2.36. The number of nitrogens with zero attached hydrogens (tertiary/aromatic N) is 2. The molecule has 0 saturated carbocycles. The maximum absolute atomic E-state index is 13.8. The van der Waals surface area contributed by atoms with Crippen molar-refractivity contribution in [1.82, 2.24) is 10.2 Å². The van der Waals surface area contributed by atoms with Crippen molar-refractivity contribution in [3.8, 4) is 0 Å². The molecule has 2 amide bonds. The summed E-state index contributed by atoms with van der Waals surface area (Å²) in [7, 11) is -4.02. The maximum Gasteiger partial charge on any atom is 0.244 e. The van der Waals surface area contributed by atoms with Crippen molar-refractivity contribution in [2.45, 2.75) is 39.7 Å². The van der Waals surface area contributed by atoms with Crippen LogP contribution in [0, 0.1) is 17.6 Å². The average molecular weight is 510 g/mol. The molecule has 1 N–H and O–H groups in total. The Bertz CT molecular complexity index is 1110. The number of rotatable bonds is 12. The fraction of sp³-hybridized carbons (Fsp3) is 0.440. The number of hydrogen-bond acceptors (Lipinski definition) is 4. The normalized spacial score (nSPS) is 12.3. The van der Waals surface area contributed by atoms with Gasteiger partial charge in [0, 0.05) is 19.2 Å². The molecule has 7 nitrogen and oxygen atoms in total. The molecule has 2 aromatic carbocycles. The van der Waals surface area contributed by atoms with Gasteiger partial charge in [-0.05, 0) is 36.5 Å². The lowest BCUT2D eigenvalue weighted by Crippen LogP contribution is -2.53. The average Bonchev–Trinajstić information content (AvgIpc) is 2.80. The number of sulfonamides is 1. The zero-order valence-corrected chi connectivity index (χ0v) is 21.3. The van der Waals surface area contributed by atoms with Crippen LogP contribution in [0.4, 0.5) is 14.5 Å². The van der Waals surface area contributed by atoms with Gasteiger partial charge in [0.1, 0.15) is 12.6 Å². The highest BCUT2D eigenvalue weighted by atomic mass is 32.2. The van der Waals surface area contributed by atoms with E-state index in [-0.39, 0.29) is 24.1 Å². The fourth-order valence-corrected chi connectivity index (χ4v) is 4.41. The summed E-state index contributed by atoms with van der Waals surface area (Å²) in [6, 6.07) is 11.2. The second-order valence-electron chi connectivity index (χ2n) is 8.75. The molecule has 0 unspecified atom stereocenters. The van der Waals surface area contributed by atoms with Crippen molar-refractivity contribution in [3.05, 3.63) is 65.7 Å². The smallest absolute Gasteiger partial charge is 0.244 e. The van der Waals surface area contributed by atoms with Crippen LogP contribution in [0.1, 0.15) is 32.8 Å². The summed E-state index contributed by atoms with van der Waals surface area (Å²) >= 11 is 0. The summed E-state index contributed by atoms with van der Waals surface area (Å²) in [6.07, 6.45) is 1.64. The van der Waals surface area contributed by atoms with Crippen LogP contribution in [-0.4, -0.2) is 57.1 Å². The molecule has 0 aliphatic heterocycles. The highest BCUT2D eigenvalue weighted by molar-refractivity contribution is 7.92. The molecular formula is C25H33F2N3O4S. The zero-order chi connectivity index (χ0) is 26.2. The number of halogens is 2. The van der Waals surface area contributed by atoms with Crippen molar-refractivity contribution in [1.29, 1.82) is 0 Å². The Morgan fingerprint density at radius 3 is 2.23 bits per heavy atom. The molecule has 2 rings (SSSR count). The predicted molar refractivity (Wildman–Crippen MR) is 132 cm³/mol. The van der Waals surface area contributed by atoms with E-state index in [1.807, 2.05) is 44.2 Å². The van der Waals surface area contributed by atoms with E-state index in [0.717, 1.165) is 30.0 Å². The first-order chi connectivity index (χ1) is 16.4. The minimum atomic E-state index is -4.02. The van der Waals surface area contributed by atoms with Gasteiger partial charge < -0.3 is 10.2 Å². The number of nitrogens with one attached hydrogen (secondary N) is 1. The minimum absolute atomic E-state index is 0.172. The first-order valence-corrected chi connectivity index (χ1v) is 13.3. The van der Waals surface area contributed by atoms with Gasteiger partial charge in [-0.2, -0.15) is 0 Å². The van der Waals surface area contributed by atoms with Gasteiger partial charge in [0.2, 0.25) is 21.8 Å². The molecule has 0 fully saturated rings. The van der Waals surface area contributed by atoms with Gasteiger partial charge in [-0.25, -0.2) is 17.2 Å². The zero-order valence-electron chi connectivity index (χ0n) is 20.5. The maximum atomic E-state index is 13.8. The number of benzene rings is 2. The molecule has 0 aliphatic rings. The highest BCUT2D eigenvalue weighted by Crippen LogP contribution is 2.21. The van der Waals surface area contributed by atoms with Crippen LogP contribution < -0.4 is 9.62 Å². The topological polar surface area (TPSA) is 86.8 Å². The Morgan fingerprint density at radius 1 is 1.03 bits per heavy atom. The lowest BCUT2D eigenvalue weighted by Gasteiger charge is -2.33. The standard InChI is InChI=1S/C25H33F2N3O4S/c1-5-23(25(32)28-16-18(2)3)29(14-13-19-9-7-6-8-10-19)24(31)17-30(35(4,33)34)20-11-12-21(26)22(27)15-20/h6-12,15,18,23H,5,13-14,16-17H2,1-4H3,(H,28,32)/t23-/m0/s1. The van der Waals surface area contributed by atoms with Gasteiger partial charge in [0.25, 0.3) is 0 Å². The van der Waals surface area contributed by atoms with Crippen molar-refractivity contribution in [2.24, 2.45) is 5.92 Å². The van der Waals surface area contributed by atoms with Crippen molar-refractivity contribution in [2.75, 3.05) is 30.2 Å². The second-order valence-corrected chi connectivity index (χ2v) is 10.7. The first kappa shape index (κ1) is 28.2. The highest BCUT2D eigenvalue weighted by Gasteiger charge is 2.31. The van der Waals surface area contributed by atoms with E-state index in [4.69, 9.17) is 0 Å². The van der Waals surface area contributed by atoms with Crippen LogP contribution in [0.2, 0.25) is 0 Å². The van der Waals surface area contributed by atoms with E-state index < -0.39 is 40.2 Å². The summed E-state index contributed by atoms with van der Waals surface area (Å²) in [6.45, 7) is 5.61. The van der Waals surface area contributed by atoms with Gasteiger partial charge in [-0.3, -0.25) is 13.9 Å². The number of carbonyl (C=O) groups is 2. The predicted octanol–water partition coefficient (Wildman–Crippen LogP) is 3.35. The van der Waals surface area contributed by atoms with Crippen molar-refractivity contribution < 1.29 is 26.8 Å². The number of amides is 2. The molecule has 10 heteroatoms. The van der Waals surface area contributed by atoms with Crippen LogP contribution in [0.3, 0.4) is 0 Å². The Morgan fingerprint density at radius 2 is 1.69 bits per heavy atom. The summed E-state index contributed by atoms with van der Waals surface area (Å²) in [5.74, 6) is -3.11. The Hall–Kier alpha value is -3.01. The number of hydrogen-bond donors (Lipinski definition) is 1. The summed E-state index contributed by atoms with van der Waals surface area (Å²) < 4.78 is 52.9. The molecule has 0 bridgehead atoms. The van der Waals surface area contributed by atoms with E-state index >= 15 is 0 Å². The summed E-state index contributed by atoms with van der Waals surface area (Å²) in [5, 5.41) is 2.84. The minimum Gasteiger partial charge on any atom is -0.354 e. The molecule has 0 spiro atoms. The van der Waals surface area contributed by atoms with Gasteiger partial charge in [-0.1, -0.05) is 51.1 Å². The fourth-order valence-electron chi connectivity index (χ4n) is 3.57. The third-order valence-corrected chi connectivity index (χ3v) is 6.57. The molecule has 2 aromatic rings. The van der Waals surface area contributed by atoms with Crippen LogP contribution in [0.15, 0.2) is 48.5 Å². The van der Waals surface area contributed by atoms with Crippen molar-refractivity contribution in [3.63, 3.8) is 0 Å².